The van der Waals surface area contributed by atoms with Gasteiger partial charge in [-0.25, -0.2) is 4.39 Å². The summed E-state index contributed by atoms with van der Waals surface area (Å²) in [7, 11) is 0. The van der Waals surface area contributed by atoms with Gasteiger partial charge in [0.1, 0.15) is 11.6 Å². The minimum absolute atomic E-state index is 0.0344. The first kappa shape index (κ1) is 20.6. The molecule has 2 nitrogen and oxygen atoms in total. The third kappa shape index (κ3) is 3.36. The van der Waals surface area contributed by atoms with Gasteiger partial charge < -0.3 is 4.74 Å². The molecule has 0 amide bonds. The quantitative estimate of drug-likeness (QED) is 0.528. The number of ketones is 1. The van der Waals surface area contributed by atoms with Crippen LogP contribution in [-0.2, 0) is 5.41 Å². The van der Waals surface area contributed by atoms with Gasteiger partial charge in [-0.3, -0.25) is 4.79 Å². The summed E-state index contributed by atoms with van der Waals surface area (Å²) in [5.74, 6) is 0.479. The zero-order valence-corrected chi connectivity index (χ0v) is 17.9. The van der Waals surface area contributed by atoms with Crippen molar-refractivity contribution < 1.29 is 13.9 Å². The summed E-state index contributed by atoms with van der Waals surface area (Å²) < 4.78 is 19.9. The third-order valence-corrected chi connectivity index (χ3v) is 6.60. The molecule has 1 aromatic carbocycles. The second kappa shape index (κ2) is 7.69. The second-order valence-corrected chi connectivity index (χ2v) is 8.61. The van der Waals surface area contributed by atoms with E-state index in [9.17, 15) is 9.18 Å². The minimum Gasteiger partial charge on any atom is -0.494 e. The van der Waals surface area contributed by atoms with Crippen LogP contribution in [-0.4, -0.2) is 12.4 Å². The van der Waals surface area contributed by atoms with Crippen LogP contribution in [0, 0.1) is 11.8 Å². The number of benzene rings is 1. The Balaban J connectivity index is 2.06. The van der Waals surface area contributed by atoms with Crippen molar-refractivity contribution in [3.63, 3.8) is 0 Å². The fourth-order valence-electron chi connectivity index (χ4n) is 4.12. The molecule has 2 atom stereocenters. The molecule has 0 fully saturated rings. The summed E-state index contributed by atoms with van der Waals surface area (Å²) >= 11 is 0. The maximum Gasteiger partial charge on any atom is 0.193 e. The number of Topliss-reactive ketones (excluding diaryl/α,β-unsaturated/α-hetero) is 1. The molecule has 0 radical (unpaired) electrons. The maximum absolute atomic E-state index is 14.0. The Morgan fingerprint density at radius 1 is 1.14 bits per heavy atom. The van der Waals surface area contributed by atoms with Gasteiger partial charge in [-0.15, -0.1) is 0 Å². The number of ether oxygens (including phenoxy) is 1. The van der Waals surface area contributed by atoms with Crippen molar-refractivity contribution in [2.75, 3.05) is 6.61 Å². The number of carbonyl (C=O) groups is 1. The van der Waals surface area contributed by atoms with E-state index in [1.54, 1.807) is 6.08 Å². The molecule has 0 spiro atoms. The lowest BCUT2D eigenvalue weighted by Gasteiger charge is -2.38. The molecule has 0 heterocycles. The van der Waals surface area contributed by atoms with Crippen molar-refractivity contribution in [1.82, 2.24) is 0 Å². The number of rotatable bonds is 5. The highest BCUT2D eigenvalue weighted by atomic mass is 19.1. The average molecular weight is 383 g/mol. The van der Waals surface area contributed by atoms with Crippen LogP contribution in [0.15, 0.2) is 52.9 Å². The van der Waals surface area contributed by atoms with Crippen LogP contribution >= 0.6 is 0 Å². The number of hydrogen-bond acceptors (Lipinski definition) is 2. The number of unbranched alkanes of at least 4 members (excludes halogenated alkanes) is 1. The van der Waals surface area contributed by atoms with E-state index in [0.29, 0.717) is 6.61 Å². The lowest BCUT2D eigenvalue weighted by atomic mass is 9.65. The van der Waals surface area contributed by atoms with Crippen LogP contribution in [0.3, 0.4) is 0 Å². The zero-order valence-electron chi connectivity index (χ0n) is 17.9. The molecule has 0 saturated heterocycles. The molecule has 3 rings (SSSR count). The first-order chi connectivity index (χ1) is 13.2. The van der Waals surface area contributed by atoms with Gasteiger partial charge >= 0.3 is 0 Å². The lowest BCUT2D eigenvalue weighted by molar-refractivity contribution is 0.102. The van der Waals surface area contributed by atoms with E-state index in [1.807, 2.05) is 39.0 Å². The van der Waals surface area contributed by atoms with Gasteiger partial charge in [0.2, 0.25) is 0 Å². The molecule has 0 N–H and O–H groups in total. The molecule has 150 valence electrons. The average Bonchev–Trinajstić information content (AvgIpc) is 2.67. The van der Waals surface area contributed by atoms with Gasteiger partial charge in [-0.05, 0) is 54.7 Å². The smallest absolute Gasteiger partial charge is 0.193 e. The molecule has 2 aliphatic rings. The van der Waals surface area contributed by atoms with Gasteiger partial charge in [-0.1, -0.05) is 52.7 Å². The molecule has 1 aromatic rings. The maximum atomic E-state index is 14.0. The van der Waals surface area contributed by atoms with Crippen LogP contribution in [0.1, 0.15) is 70.3 Å². The molecule has 1 unspecified atom stereocenters. The highest BCUT2D eigenvalue weighted by molar-refractivity contribution is 6.15. The predicted molar refractivity (Wildman–Crippen MR) is 113 cm³/mol. The Bertz CT molecular complexity index is 886. The largest absolute Gasteiger partial charge is 0.494 e. The summed E-state index contributed by atoms with van der Waals surface area (Å²) in [5.41, 5.74) is 4.16. The standard InChI is InChI=1S/C25H31FO2/c1-7-8-13-28-18-9-10-20-21(14-18)25(5,6)17(4)23(24(20)27)19-11-12-22(26)16(3)15(19)2/h9-12,14-16H,7-8,13H2,1-6H3/t15-,16?/m1/s1. The predicted octanol–water partition coefficient (Wildman–Crippen LogP) is 6.72. The topological polar surface area (TPSA) is 26.3 Å². The van der Waals surface area contributed by atoms with Crippen molar-refractivity contribution in [1.29, 1.82) is 0 Å². The summed E-state index contributed by atoms with van der Waals surface area (Å²) in [4.78, 5) is 13.5. The highest BCUT2D eigenvalue weighted by Gasteiger charge is 2.40. The molecule has 0 bridgehead atoms. The summed E-state index contributed by atoms with van der Waals surface area (Å²) in [6.07, 6.45) is 5.40. The number of fused-ring (bicyclic) bond motifs is 1. The van der Waals surface area contributed by atoms with Crippen molar-refractivity contribution in [2.45, 2.75) is 59.8 Å². The van der Waals surface area contributed by atoms with Crippen LogP contribution < -0.4 is 4.74 Å². The van der Waals surface area contributed by atoms with Crippen LogP contribution in [0.25, 0.3) is 0 Å². The van der Waals surface area contributed by atoms with E-state index >= 15 is 0 Å². The fraction of sp³-hybridized carbons (Fsp3) is 0.480. The minimum atomic E-state index is -0.299. The van der Waals surface area contributed by atoms with Crippen LogP contribution in [0.4, 0.5) is 4.39 Å². The summed E-state index contributed by atoms with van der Waals surface area (Å²) in [6.45, 7) is 13.0. The van der Waals surface area contributed by atoms with Crippen molar-refractivity contribution in [2.24, 2.45) is 11.8 Å². The normalized spacial score (nSPS) is 23.9. The molecule has 0 aromatic heterocycles. The van der Waals surface area contributed by atoms with Gasteiger partial charge in [0.25, 0.3) is 0 Å². The molecule has 0 aliphatic heterocycles. The zero-order chi connectivity index (χ0) is 20.6. The highest BCUT2D eigenvalue weighted by Crippen LogP contribution is 2.47. The molecule has 0 saturated carbocycles. The van der Waals surface area contributed by atoms with E-state index in [0.717, 1.165) is 46.4 Å². The molecule has 2 aliphatic carbocycles. The van der Waals surface area contributed by atoms with Gasteiger partial charge in [0.05, 0.1) is 6.61 Å². The first-order valence-electron chi connectivity index (χ1n) is 10.3. The van der Waals surface area contributed by atoms with E-state index in [2.05, 4.69) is 20.8 Å². The Morgan fingerprint density at radius 3 is 2.54 bits per heavy atom. The van der Waals surface area contributed by atoms with Gasteiger partial charge in [0, 0.05) is 22.5 Å². The first-order valence-corrected chi connectivity index (χ1v) is 10.3. The number of hydrogen-bond donors (Lipinski definition) is 0. The summed E-state index contributed by atoms with van der Waals surface area (Å²) in [6, 6.07) is 5.80. The third-order valence-electron chi connectivity index (χ3n) is 6.60. The lowest BCUT2D eigenvalue weighted by Crippen LogP contribution is -2.32. The van der Waals surface area contributed by atoms with E-state index in [-0.39, 0.29) is 28.9 Å². The number of carbonyl (C=O) groups excluding carboxylic acids is 1. The van der Waals surface area contributed by atoms with Crippen molar-refractivity contribution in [3.8, 4) is 5.75 Å². The fourth-order valence-corrected chi connectivity index (χ4v) is 4.12. The Hall–Kier alpha value is -2.16. The Kier molecular flexibility index (Phi) is 5.65. The van der Waals surface area contributed by atoms with Gasteiger partial charge in [0.15, 0.2) is 5.78 Å². The van der Waals surface area contributed by atoms with Crippen molar-refractivity contribution >= 4 is 5.78 Å². The second-order valence-electron chi connectivity index (χ2n) is 8.61. The van der Waals surface area contributed by atoms with E-state index < -0.39 is 0 Å². The van der Waals surface area contributed by atoms with Crippen molar-refractivity contribution in [3.05, 3.63) is 64.0 Å². The molecule has 3 heteroatoms. The summed E-state index contributed by atoms with van der Waals surface area (Å²) in [5, 5.41) is 0. The van der Waals surface area contributed by atoms with E-state index in [1.165, 1.54) is 6.08 Å². The number of allylic oxidation sites excluding steroid dienone is 6. The monoisotopic (exact) mass is 382 g/mol. The molecular weight excluding hydrogens is 351 g/mol. The van der Waals surface area contributed by atoms with Crippen LogP contribution in [0.2, 0.25) is 0 Å². The SMILES string of the molecule is CCCCOc1ccc2c(c1)C(C)(C)C(C)=C(C1=CC=C(F)C(C)[C@H]1C)C2=O. The Morgan fingerprint density at radius 2 is 1.86 bits per heavy atom. The Labute approximate surface area is 168 Å². The molecule has 28 heavy (non-hydrogen) atoms. The van der Waals surface area contributed by atoms with Crippen LogP contribution in [0.5, 0.6) is 5.75 Å². The van der Waals surface area contributed by atoms with E-state index in [4.69, 9.17) is 4.74 Å². The van der Waals surface area contributed by atoms with Gasteiger partial charge in [-0.2, -0.15) is 0 Å². The molecular formula is C25H31FO2. The number of halogens is 1.